The van der Waals surface area contributed by atoms with E-state index in [0.717, 1.165) is 5.56 Å². The number of aromatic nitrogens is 3. The molecule has 2 aromatic heterocycles. The molecule has 3 rings (SSSR count). The molecule has 0 bridgehead atoms. The summed E-state index contributed by atoms with van der Waals surface area (Å²) in [5.74, 6) is 0.161. The van der Waals surface area contributed by atoms with Gasteiger partial charge in [-0.2, -0.15) is 0 Å². The molecule has 0 saturated carbocycles. The zero-order valence-electron chi connectivity index (χ0n) is 13.9. The quantitative estimate of drug-likeness (QED) is 0.687. The lowest BCUT2D eigenvalue weighted by atomic mass is 10.1. The van der Waals surface area contributed by atoms with Gasteiger partial charge in [0.05, 0.1) is 19.0 Å². The Morgan fingerprint density at radius 1 is 1.28 bits per heavy atom. The average molecular weight is 340 g/mol. The molecule has 2 N–H and O–H groups in total. The van der Waals surface area contributed by atoms with Crippen LogP contribution in [0.15, 0.2) is 59.3 Å². The normalized spacial score (nSPS) is 13.4. The maximum atomic E-state index is 12.3. The second-order valence-electron chi connectivity index (χ2n) is 5.93. The first-order valence-corrected chi connectivity index (χ1v) is 8.08. The number of carbonyl (C=O) groups is 1. The number of nitrogens with one attached hydrogen (secondary N) is 1. The predicted octanol–water partition coefficient (Wildman–Crippen LogP) is 2.16. The van der Waals surface area contributed by atoms with Gasteiger partial charge in [0.2, 0.25) is 0 Å². The number of furan rings is 1. The highest BCUT2D eigenvalue weighted by Gasteiger charge is 2.18. The van der Waals surface area contributed by atoms with Gasteiger partial charge in [-0.3, -0.25) is 4.79 Å². The molecular weight excluding hydrogens is 320 g/mol. The average Bonchev–Trinajstić information content (AvgIpc) is 3.27. The molecule has 0 saturated heterocycles. The molecule has 0 spiro atoms. The summed E-state index contributed by atoms with van der Waals surface area (Å²) in [6.07, 6.45) is 2.70. The third kappa shape index (κ3) is 4.54. The molecule has 0 fully saturated rings. The van der Waals surface area contributed by atoms with Crippen molar-refractivity contribution in [1.29, 1.82) is 0 Å². The highest BCUT2D eigenvalue weighted by Crippen LogP contribution is 2.18. The lowest BCUT2D eigenvalue weighted by Gasteiger charge is -2.15. The van der Waals surface area contributed by atoms with Crippen LogP contribution in [0.3, 0.4) is 0 Å². The highest BCUT2D eigenvalue weighted by atomic mass is 16.4. The highest BCUT2D eigenvalue weighted by molar-refractivity contribution is 5.92. The standard InChI is InChI=1S/C18H20N4O3/c1-13(10-16(23)17-8-5-9-25-17)19-18(24)15-12-22(21-20-15)11-14-6-3-2-4-7-14/h2-9,12-13,16,23H,10-11H2,1H3,(H,19,24). The van der Waals surface area contributed by atoms with Gasteiger partial charge in [0, 0.05) is 12.5 Å². The van der Waals surface area contributed by atoms with E-state index in [0.29, 0.717) is 18.7 Å². The summed E-state index contributed by atoms with van der Waals surface area (Å²) in [6.45, 7) is 2.37. The monoisotopic (exact) mass is 340 g/mol. The molecule has 2 atom stereocenters. The number of aliphatic hydroxyl groups is 1. The summed E-state index contributed by atoms with van der Waals surface area (Å²) < 4.78 is 6.77. The van der Waals surface area contributed by atoms with Crippen LogP contribution in [-0.2, 0) is 6.54 Å². The Morgan fingerprint density at radius 3 is 2.80 bits per heavy atom. The molecule has 0 aliphatic rings. The molecule has 7 heteroatoms. The zero-order chi connectivity index (χ0) is 17.6. The van der Waals surface area contributed by atoms with Crippen LogP contribution >= 0.6 is 0 Å². The third-order valence-electron chi connectivity index (χ3n) is 3.78. The van der Waals surface area contributed by atoms with Crippen LogP contribution in [0.5, 0.6) is 0 Å². The summed E-state index contributed by atoms with van der Waals surface area (Å²) >= 11 is 0. The third-order valence-corrected chi connectivity index (χ3v) is 3.78. The van der Waals surface area contributed by atoms with Crippen LogP contribution in [0.1, 0.15) is 41.3 Å². The second-order valence-corrected chi connectivity index (χ2v) is 5.93. The minimum Gasteiger partial charge on any atom is -0.467 e. The molecule has 2 heterocycles. The van der Waals surface area contributed by atoms with E-state index in [1.54, 1.807) is 23.0 Å². The topological polar surface area (TPSA) is 93.2 Å². The van der Waals surface area contributed by atoms with Gasteiger partial charge < -0.3 is 14.8 Å². The fraction of sp³-hybridized carbons (Fsp3) is 0.278. The maximum absolute atomic E-state index is 12.3. The molecule has 3 aromatic rings. The molecule has 25 heavy (non-hydrogen) atoms. The Morgan fingerprint density at radius 2 is 2.08 bits per heavy atom. The Labute approximate surface area is 145 Å². The van der Waals surface area contributed by atoms with Gasteiger partial charge in [-0.15, -0.1) is 5.10 Å². The van der Waals surface area contributed by atoms with Crippen molar-refractivity contribution in [3.8, 4) is 0 Å². The van der Waals surface area contributed by atoms with Crippen molar-refractivity contribution in [2.75, 3.05) is 0 Å². The van der Waals surface area contributed by atoms with Gasteiger partial charge in [0.1, 0.15) is 11.9 Å². The summed E-state index contributed by atoms with van der Waals surface area (Å²) in [6, 6.07) is 13.0. The zero-order valence-corrected chi connectivity index (χ0v) is 13.9. The minimum absolute atomic E-state index is 0.244. The number of carbonyl (C=O) groups excluding carboxylic acids is 1. The van der Waals surface area contributed by atoms with E-state index in [2.05, 4.69) is 15.6 Å². The van der Waals surface area contributed by atoms with Crippen LogP contribution in [0.4, 0.5) is 0 Å². The van der Waals surface area contributed by atoms with Crippen LogP contribution < -0.4 is 5.32 Å². The number of benzene rings is 1. The number of aliphatic hydroxyl groups excluding tert-OH is 1. The van der Waals surface area contributed by atoms with Crippen molar-refractivity contribution in [2.45, 2.75) is 32.0 Å². The van der Waals surface area contributed by atoms with Crippen molar-refractivity contribution < 1.29 is 14.3 Å². The van der Waals surface area contributed by atoms with Crippen molar-refractivity contribution in [1.82, 2.24) is 20.3 Å². The SMILES string of the molecule is CC(CC(O)c1ccco1)NC(=O)c1cn(Cc2ccccc2)nn1. The Kier molecular flexibility index (Phi) is 5.25. The van der Waals surface area contributed by atoms with Crippen molar-refractivity contribution in [3.63, 3.8) is 0 Å². The van der Waals surface area contributed by atoms with Crippen LogP contribution in [0, 0.1) is 0 Å². The molecule has 0 aliphatic heterocycles. The summed E-state index contributed by atoms with van der Waals surface area (Å²) in [5, 5.41) is 20.8. The molecule has 1 amide bonds. The summed E-state index contributed by atoms with van der Waals surface area (Å²) in [5.41, 5.74) is 1.32. The van der Waals surface area contributed by atoms with E-state index in [1.807, 2.05) is 37.3 Å². The summed E-state index contributed by atoms with van der Waals surface area (Å²) in [4.78, 5) is 12.3. The van der Waals surface area contributed by atoms with Gasteiger partial charge >= 0.3 is 0 Å². The molecule has 0 aliphatic carbocycles. The molecule has 130 valence electrons. The number of hydrogen-bond acceptors (Lipinski definition) is 5. The number of amides is 1. The van der Waals surface area contributed by atoms with E-state index in [9.17, 15) is 9.90 Å². The number of hydrogen-bond donors (Lipinski definition) is 2. The lowest BCUT2D eigenvalue weighted by molar-refractivity contribution is 0.0898. The number of rotatable bonds is 7. The number of nitrogens with zero attached hydrogens (tertiary/aromatic N) is 3. The van der Waals surface area contributed by atoms with E-state index in [-0.39, 0.29) is 17.6 Å². The summed E-state index contributed by atoms with van der Waals surface area (Å²) in [7, 11) is 0. The van der Waals surface area contributed by atoms with Gasteiger partial charge in [0.25, 0.3) is 5.91 Å². The van der Waals surface area contributed by atoms with Crippen molar-refractivity contribution in [3.05, 3.63) is 71.9 Å². The molecule has 1 aromatic carbocycles. The van der Waals surface area contributed by atoms with Crippen molar-refractivity contribution >= 4 is 5.91 Å². The fourth-order valence-electron chi connectivity index (χ4n) is 2.54. The predicted molar refractivity (Wildman–Crippen MR) is 90.8 cm³/mol. The smallest absolute Gasteiger partial charge is 0.273 e. The van der Waals surface area contributed by atoms with Gasteiger partial charge in [-0.1, -0.05) is 35.5 Å². The lowest BCUT2D eigenvalue weighted by Crippen LogP contribution is -2.34. The van der Waals surface area contributed by atoms with Crippen LogP contribution in [0.25, 0.3) is 0 Å². The first kappa shape index (κ1) is 16.9. The maximum Gasteiger partial charge on any atom is 0.273 e. The Bertz CT molecular complexity index is 799. The molecule has 2 unspecified atom stereocenters. The van der Waals surface area contributed by atoms with Crippen molar-refractivity contribution in [2.24, 2.45) is 0 Å². The largest absolute Gasteiger partial charge is 0.467 e. The molecule has 0 radical (unpaired) electrons. The molecular formula is C18H20N4O3. The van der Waals surface area contributed by atoms with E-state index < -0.39 is 6.10 Å². The van der Waals surface area contributed by atoms with E-state index in [4.69, 9.17) is 4.42 Å². The second kappa shape index (κ2) is 7.76. The van der Waals surface area contributed by atoms with E-state index >= 15 is 0 Å². The molecule has 7 nitrogen and oxygen atoms in total. The first-order valence-electron chi connectivity index (χ1n) is 8.08. The van der Waals surface area contributed by atoms with Gasteiger partial charge in [-0.25, -0.2) is 4.68 Å². The van der Waals surface area contributed by atoms with Gasteiger partial charge in [0.15, 0.2) is 5.69 Å². The van der Waals surface area contributed by atoms with Crippen LogP contribution in [0.2, 0.25) is 0 Å². The minimum atomic E-state index is -0.765. The van der Waals surface area contributed by atoms with E-state index in [1.165, 1.54) is 6.26 Å². The first-order chi connectivity index (χ1) is 12.1. The Hall–Kier alpha value is -2.93. The van der Waals surface area contributed by atoms with Gasteiger partial charge in [-0.05, 0) is 24.6 Å². The Balaban J connectivity index is 1.54. The fourth-order valence-corrected chi connectivity index (χ4v) is 2.54. The van der Waals surface area contributed by atoms with Crippen LogP contribution in [-0.4, -0.2) is 32.0 Å².